The third kappa shape index (κ3) is 4.29. The van der Waals surface area contributed by atoms with Crippen molar-refractivity contribution < 1.29 is 8.78 Å². The standard InChI is InChI=1S/C17H19F2NS/c1-13(20-2)14-8-10-16(11-9-14)21-12-17(18,19)15-6-4-3-5-7-15/h3-11,13,20H,12H2,1-2H3. The number of halogens is 2. The molecular weight excluding hydrogens is 288 g/mol. The fourth-order valence-electron chi connectivity index (χ4n) is 1.96. The molecule has 1 atom stereocenters. The van der Waals surface area contributed by atoms with Gasteiger partial charge in [-0.3, -0.25) is 0 Å². The van der Waals surface area contributed by atoms with E-state index in [1.165, 1.54) is 23.9 Å². The summed E-state index contributed by atoms with van der Waals surface area (Å²) in [6.45, 7) is 2.06. The molecule has 0 aromatic heterocycles. The maximum Gasteiger partial charge on any atom is 0.282 e. The maximum atomic E-state index is 14.1. The Morgan fingerprint density at radius 2 is 1.67 bits per heavy atom. The molecule has 0 saturated heterocycles. The van der Waals surface area contributed by atoms with E-state index in [0.717, 1.165) is 10.5 Å². The van der Waals surface area contributed by atoms with Crippen LogP contribution in [0.25, 0.3) is 0 Å². The highest BCUT2D eigenvalue weighted by Gasteiger charge is 2.31. The van der Waals surface area contributed by atoms with E-state index in [0.29, 0.717) is 0 Å². The number of alkyl halides is 2. The van der Waals surface area contributed by atoms with Crippen molar-refractivity contribution in [2.75, 3.05) is 12.8 Å². The molecule has 0 aliphatic heterocycles. The van der Waals surface area contributed by atoms with Crippen LogP contribution in [0.2, 0.25) is 0 Å². The predicted octanol–water partition coefficient (Wildman–Crippen LogP) is 4.85. The van der Waals surface area contributed by atoms with E-state index in [4.69, 9.17) is 0 Å². The quantitative estimate of drug-likeness (QED) is 0.766. The smallest absolute Gasteiger partial charge is 0.282 e. The molecule has 0 bridgehead atoms. The Kier molecular flexibility index (Phi) is 5.37. The van der Waals surface area contributed by atoms with Gasteiger partial charge in [-0.05, 0) is 31.7 Å². The van der Waals surface area contributed by atoms with E-state index in [1.807, 2.05) is 31.3 Å². The first-order chi connectivity index (χ1) is 10.0. The van der Waals surface area contributed by atoms with E-state index in [2.05, 4.69) is 12.2 Å². The predicted molar refractivity (Wildman–Crippen MR) is 85.0 cm³/mol. The minimum absolute atomic E-state index is 0.0675. The molecule has 1 unspecified atom stereocenters. The van der Waals surface area contributed by atoms with Gasteiger partial charge >= 0.3 is 0 Å². The molecule has 2 rings (SSSR count). The molecule has 1 N–H and O–H groups in total. The van der Waals surface area contributed by atoms with Crippen LogP contribution in [-0.4, -0.2) is 12.8 Å². The fourth-order valence-corrected chi connectivity index (χ4v) is 2.80. The van der Waals surface area contributed by atoms with Crippen LogP contribution in [0.5, 0.6) is 0 Å². The summed E-state index contributed by atoms with van der Waals surface area (Å²) in [5.41, 5.74) is 1.22. The number of benzene rings is 2. The van der Waals surface area contributed by atoms with Crippen LogP contribution < -0.4 is 5.32 Å². The molecule has 2 aromatic carbocycles. The molecule has 1 nitrogen and oxygen atoms in total. The summed E-state index contributed by atoms with van der Waals surface area (Å²) in [6.07, 6.45) is 0. The molecule has 0 aliphatic rings. The molecule has 2 aromatic rings. The Hall–Kier alpha value is -1.39. The van der Waals surface area contributed by atoms with Crippen molar-refractivity contribution in [3.05, 3.63) is 65.7 Å². The Balaban J connectivity index is 1.99. The zero-order valence-electron chi connectivity index (χ0n) is 12.1. The first-order valence-corrected chi connectivity index (χ1v) is 7.85. The summed E-state index contributed by atoms with van der Waals surface area (Å²) < 4.78 is 28.1. The minimum Gasteiger partial charge on any atom is -0.313 e. The van der Waals surface area contributed by atoms with Crippen molar-refractivity contribution in [1.29, 1.82) is 0 Å². The molecular formula is C17H19F2NS. The van der Waals surface area contributed by atoms with E-state index in [1.54, 1.807) is 18.2 Å². The third-order valence-corrected chi connectivity index (χ3v) is 4.54. The lowest BCUT2D eigenvalue weighted by atomic mass is 10.1. The van der Waals surface area contributed by atoms with E-state index < -0.39 is 5.92 Å². The second-order valence-corrected chi connectivity index (χ2v) is 5.99. The number of hydrogen-bond acceptors (Lipinski definition) is 2. The zero-order chi connectivity index (χ0) is 15.3. The highest BCUT2D eigenvalue weighted by molar-refractivity contribution is 7.99. The Bertz CT molecular complexity index is 555. The van der Waals surface area contributed by atoms with Crippen molar-refractivity contribution in [1.82, 2.24) is 5.32 Å². The van der Waals surface area contributed by atoms with E-state index in [-0.39, 0.29) is 17.4 Å². The molecule has 0 fully saturated rings. The molecule has 21 heavy (non-hydrogen) atoms. The third-order valence-electron chi connectivity index (χ3n) is 3.43. The van der Waals surface area contributed by atoms with E-state index in [9.17, 15) is 8.78 Å². The second kappa shape index (κ2) is 7.05. The number of nitrogens with one attached hydrogen (secondary N) is 1. The SMILES string of the molecule is CNC(C)c1ccc(SCC(F)(F)c2ccccc2)cc1. The summed E-state index contributed by atoms with van der Waals surface area (Å²) in [4.78, 5) is 0.859. The normalized spacial score (nSPS) is 13.1. The van der Waals surface area contributed by atoms with Crippen LogP contribution in [0.1, 0.15) is 24.1 Å². The fraction of sp³-hybridized carbons (Fsp3) is 0.294. The molecule has 0 saturated carbocycles. The van der Waals surface area contributed by atoms with Crippen molar-refractivity contribution in [3.8, 4) is 0 Å². The van der Waals surface area contributed by atoms with Crippen molar-refractivity contribution in [2.45, 2.75) is 23.8 Å². The average Bonchev–Trinajstić information content (AvgIpc) is 2.53. The summed E-state index contributed by atoms with van der Waals surface area (Å²) in [7, 11) is 1.90. The zero-order valence-corrected chi connectivity index (χ0v) is 13.0. The highest BCUT2D eigenvalue weighted by Crippen LogP contribution is 2.34. The summed E-state index contributed by atoms with van der Waals surface area (Å²) >= 11 is 1.18. The van der Waals surface area contributed by atoms with Gasteiger partial charge in [0.2, 0.25) is 0 Å². The van der Waals surface area contributed by atoms with Crippen LogP contribution in [0.15, 0.2) is 59.5 Å². The largest absolute Gasteiger partial charge is 0.313 e. The molecule has 0 heterocycles. The molecule has 0 spiro atoms. The summed E-state index contributed by atoms with van der Waals surface area (Å²) in [5.74, 6) is -3.07. The number of rotatable bonds is 6. The molecule has 112 valence electrons. The van der Waals surface area contributed by atoms with E-state index >= 15 is 0 Å². The molecule has 0 aliphatic carbocycles. The Labute approximate surface area is 128 Å². The van der Waals surface area contributed by atoms with Crippen LogP contribution in [0.4, 0.5) is 8.78 Å². The molecule has 0 amide bonds. The highest BCUT2D eigenvalue weighted by atomic mass is 32.2. The van der Waals surface area contributed by atoms with Crippen molar-refractivity contribution in [3.63, 3.8) is 0 Å². The van der Waals surface area contributed by atoms with Gasteiger partial charge in [-0.25, -0.2) is 8.78 Å². The monoisotopic (exact) mass is 307 g/mol. The van der Waals surface area contributed by atoms with Crippen molar-refractivity contribution in [2.24, 2.45) is 0 Å². The average molecular weight is 307 g/mol. The lowest BCUT2D eigenvalue weighted by molar-refractivity contribution is 0.0232. The summed E-state index contributed by atoms with van der Waals surface area (Å²) in [5, 5.41) is 3.15. The van der Waals surface area contributed by atoms with Gasteiger partial charge in [-0.2, -0.15) is 0 Å². The number of hydrogen-bond donors (Lipinski definition) is 1. The van der Waals surface area contributed by atoms with Gasteiger partial charge in [-0.1, -0.05) is 42.5 Å². The van der Waals surface area contributed by atoms with Gasteiger partial charge in [-0.15, -0.1) is 11.8 Å². The van der Waals surface area contributed by atoms with Crippen LogP contribution in [0.3, 0.4) is 0 Å². The topological polar surface area (TPSA) is 12.0 Å². The van der Waals surface area contributed by atoms with Gasteiger partial charge in [0.05, 0.1) is 5.75 Å². The lowest BCUT2D eigenvalue weighted by Gasteiger charge is -2.16. The first-order valence-electron chi connectivity index (χ1n) is 6.86. The Morgan fingerprint density at radius 1 is 1.05 bits per heavy atom. The first kappa shape index (κ1) is 16.0. The second-order valence-electron chi connectivity index (χ2n) is 4.94. The van der Waals surface area contributed by atoms with Gasteiger partial charge in [0.25, 0.3) is 5.92 Å². The van der Waals surface area contributed by atoms with Crippen molar-refractivity contribution >= 4 is 11.8 Å². The Morgan fingerprint density at radius 3 is 2.24 bits per heavy atom. The molecule has 4 heteroatoms. The van der Waals surface area contributed by atoms with Gasteiger partial charge in [0.15, 0.2) is 0 Å². The lowest BCUT2D eigenvalue weighted by Crippen LogP contribution is -2.16. The van der Waals surface area contributed by atoms with Crippen LogP contribution in [0, 0.1) is 0 Å². The van der Waals surface area contributed by atoms with Gasteiger partial charge in [0.1, 0.15) is 0 Å². The molecule has 0 radical (unpaired) electrons. The maximum absolute atomic E-state index is 14.1. The van der Waals surface area contributed by atoms with Crippen LogP contribution in [-0.2, 0) is 5.92 Å². The van der Waals surface area contributed by atoms with Gasteiger partial charge in [0, 0.05) is 16.5 Å². The van der Waals surface area contributed by atoms with Gasteiger partial charge < -0.3 is 5.32 Å². The number of thioether (sulfide) groups is 1. The van der Waals surface area contributed by atoms with Crippen LogP contribution >= 0.6 is 11.8 Å². The summed E-state index contributed by atoms with van der Waals surface area (Å²) in [6, 6.07) is 16.0. The minimum atomic E-state index is -2.82.